The van der Waals surface area contributed by atoms with E-state index >= 15 is 0 Å². The lowest BCUT2D eigenvalue weighted by Crippen LogP contribution is -2.05. The van der Waals surface area contributed by atoms with Gasteiger partial charge in [0, 0.05) is 6.92 Å². The van der Waals surface area contributed by atoms with Crippen LogP contribution in [0.5, 0.6) is 5.75 Å². The standard InChI is InChI=1S/C6H7N3O2/c1-4(10)11-5-2-8-3-9-6(5)7/h2-3H,1H3,(H2,7,8,9). The molecule has 0 atom stereocenters. The molecule has 1 aromatic heterocycles. The van der Waals surface area contributed by atoms with Crippen LogP contribution in [0.2, 0.25) is 0 Å². The molecule has 0 amide bonds. The molecular weight excluding hydrogens is 146 g/mol. The summed E-state index contributed by atoms with van der Waals surface area (Å²) in [7, 11) is 0. The lowest BCUT2D eigenvalue weighted by atomic mass is 10.5. The van der Waals surface area contributed by atoms with Gasteiger partial charge in [0.1, 0.15) is 6.33 Å². The second kappa shape index (κ2) is 2.96. The first-order valence-corrected chi connectivity index (χ1v) is 2.94. The van der Waals surface area contributed by atoms with Crippen molar-refractivity contribution in [2.24, 2.45) is 0 Å². The van der Waals surface area contributed by atoms with Gasteiger partial charge in [-0.15, -0.1) is 0 Å². The molecule has 1 rings (SSSR count). The van der Waals surface area contributed by atoms with E-state index in [1.54, 1.807) is 0 Å². The minimum Gasteiger partial charge on any atom is -0.421 e. The fourth-order valence-corrected chi connectivity index (χ4v) is 0.560. The number of nitrogen functional groups attached to an aromatic ring is 1. The highest BCUT2D eigenvalue weighted by atomic mass is 16.5. The second-order valence-electron chi connectivity index (χ2n) is 1.87. The maximum absolute atomic E-state index is 10.4. The van der Waals surface area contributed by atoms with Gasteiger partial charge in [0.15, 0.2) is 11.6 Å². The second-order valence-corrected chi connectivity index (χ2v) is 1.87. The topological polar surface area (TPSA) is 78.1 Å². The van der Waals surface area contributed by atoms with Crippen LogP contribution >= 0.6 is 0 Å². The smallest absolute Gasteiger partial charge is 0.308 e. The van der Waals surface area contributed by atoms with Crippen LogP contribution in [0.1, 0.15) is 6.92 Å². The van der Waals surface area contributed by atoms with E-state index in [4.69, 9.17) is 5.73 Å². The molecule has 0 aliphatic heterocycles. The highest BCUT2D eigenvalue weighted by Gasteiger charge is 2.02. The minimum atomic E-state index is -0.438. The molecular formula is C6H7N3O2. The van der Waals surface area contributed by atoms with Crippen molar-refractivity contribution in [3.8, 4) is 5.75 Å². The molecule has 5 nitrogen and oxygen atoms in total. The van der Waals surface area contributed by atoms with Crippen LogP contribution in [0.15, 0.2) is 12.5 Å². The van der Waals surface area contributed by atoms with E-state index in [1.807, 2.05) is 0 Å². The predicted octanol–water partition coefficient (Wildman–Crippen LogP) is -0.0159. The van der Waals surface area contributed by atoms with Crippen molar-refractivity contribution < 1.29 is 9.53 Å². The SMILES string of the molecule is CC(=O)Oc1cncnc1N. The molecule has 0 aliphatic carbocycles. The Morgan fingerprint density at radius 2 is 2.45 bits per heavy atom. The molecule has 11 heavy (non-hydrogen) atoms. The van der Waals surface area contributed by atoms with E-state index in [0.29, 0.717) is 0 Å². The lowest BCUT2D eigenvalue weighted by molar-refractivity contribution is -0.131. The Hall–Kier alpha value is -1.65. The molecule has 0 radical (unpaired) electrons. The molecule has 0 bridgehead atoms. The van der Waals surface area contributed by atoms with Crippen molar-refractivity contribution in [2.75, 3.05) is 5.73 Å². The van der Waals surface area contributed by atoms with E-state index in [0.717, 1.165) is 0 Å². The summed E-state index contributed by atoms with van der Waals surface area (Å²) in [6.07, 6.45) is 2.62. The molecule has 58 valence electrons. The Kier molecular flexibility index (Phi) is 2.00. The van der Waals surface area contributed by atoms with Gasteiger partial charge in [-0.3, -0.25) is 4.79 Å². The van der Waals surface area contributed by atoms with Crippen LogP contribution in [0, 0.1) is 0 Å². The summed E-state index contributed by atoms with van der Waals surface area (Å²) in [5, 5.41) is 0. The van der Waals surface area contributed by atoms with Crippen molar-refractivity contribution in [3.05, 3.63) is 12.5 Å². The van der Waals surface area contributed by atoms with Crippen LogP contribution in [0.4, 0.5) is 5.82 Å². The Balaban J connectivity index is 2.86. The molecule has 0 unspecified atom stereocenters. The molecule has 1 heterocycles. The average Bonchev–Trinajstić information content (AvgIpc) is 1.93. The normalized spacial score (nSPS) is 9.18. The van der Waals surface area contributed by atoms with Gasteiger partial charge in [-0.25, -0.2) is 9.97 Å². The van der Waals surface area contributed by atoms with Gasteiger partial charge >= 0.3 is 5.97 Å². The summed E-state index contributed by atoms with van der Waals surface area (Å²) in [6, 6.07) is 0. The number of esters is 1. The third-order valence-electron chi connectivity index (χ3n) is 0.961. The third kappa shape index (κ3) is 1.89. The van der Waals surface area contributed by atoms with Gasteiger partial charge in [0.05, 0.1) is 6.20 Å². The first kappa shape index (κ1) is 7.46. The van der Waals surface area contributed by atoms with E-state index in [9.17, 15) is 4.79 Å². The fraction of sp³-hybridized carbons (Fsp3) is 0.167. The molecule has 0 saturated carbocycles. The zero-order valence-corrected chi connectivity index (χ0v) is 5.94. The van der Waals surface area contributed by atoms with Gasteiger partial charge in [-0.1, -0.05) is 0 Å². The third-order valence-corrected chi connectivity index (χ3v) is 0.961. The molecule has 0 aliphatic rings. The van der Waals surface area contributed by atoms with E-state index in [-0.39, 0.29) is 11.6 Å². The van der Waals surface area contributed by atoms with Gasteiger partial charge in [0.25, 0.3) is 0 Å². The van der Waals surface area contributed by atoms with Crippen molar-refractivity contribution in [1.82, 2.24) is 9.97 Å². The number of nitrogens with zero attached hydrogens (tertiary/aromatic N) is 2. The first-order chi connectivity index (χ1) is 5.20. The monoisotopic (exact) mass is 153 g/mol. The highest BCUT2D eigenvalue weighted by Crippen LogP contribution is 2.14. The number of nitrogens with two attached hydrogens (primary N) is 1. The maximum Gasteiger partial charge on any atom is 0.308 e. The summed E-state index contributed by atoms with van der Waals surface area (Å²) in [5.74, 6) is -0.0818. The Morgan fingerprint density at radius 1 is 1.73 bits per heavy atom. The zero-order chi connectivity index (χ0) is 8.27. The summed E-state index contributed by atoms with van der Waals surface area (Å²) < 4.78 is 4.66. The van der Waals surface area contributed by atoms with Gasteiger partial charge in [-0.2, -0.15) is 0 Å². The Labute approximate surface area is 63.2 Å². The van der Waals surface area contributed by atoms with Crippen LogP contribution in [-0.4, -0.2) is 15.9 Å². The van der Waals surface area contributed by atoms with Crippen LogP contribution in [0.25, 0.3) is 0 Å². The lowest BCUT2D eigenvalue weighted by Gasteiger charge is -2.00. The molecule has 0 aromatic carbocycles. The Bertz CT molecular complexity index is 274. The average molecular weight is 153 g/mol. The molecule has 5 heteroatoms. The van der Waals surface area contributed by atoms with Crippen LogP contribution < -0.4 is 10.5 Å². The number of anilines is 1. The zero-order valence-electron chi connectivity index (χ0n) is 5.94. The molecule has 2 N–H and O–H groups in total. The van der Waals surface area contributed by atoms with Crippen molar-refractivity contribution in [1.29, 1.82) is 0 Å². The molecule has 0 spiro atoms. The van der Waals surface area contributed by atoms with Crippen molar-refractivity contribution in [2.45, 2.75) is 6.92 Å². The van der Waals surface area contributed by atoms with Crippen molar-refractivity contribution in [3.63, 3.8) is 0 Å². The number of rotatable bonds is 1. The maximum atomic E-state index is 10.4. The minimum absolute atomic E-state index is 0.162. The van der Waals surface area contributed by atoms with E-state index < -0.39 is 5.97 Å². The van der Waals surface area contributed by atoms with Crippen molar-refractivity contribution >= 4 is 11.8 Å². The molecule has 1 aromatic rings. The molecule has 0 saturated heterocycles. The fourth-order valence-electron chi connectivity index (χ4n) is 0.560. The quantitative estimate of drug-likeness (QED) is 0.574. The van der Waals surface area contributed by atoms with E-state index in [2.05, 4.69) is 14.7 Å². The van der Waals surface area contributed by atoms with Gasteiger partial charge in [-0.05, 0) is 0 Å². The summed E-state index contributed by atoms with van der Waals surface area (Å²) >= 11 is 0. The number of aromatic nitrogens is 2. The van der Waals surface area contributed by atoms with Gasteiger partial charge < -0.3 is 10.5 Å². The van der Waals surface area contributed by atoms with E-state index in [1.165, 1.54) is 19.4 Å². The summed E-state index contributed by atoms with van der Waals surface area (Å²) in [4.78, 5) is 17.7. The number of carbonyl (C=O) groups is 1. The summed E-state index contributed by atoms with van der Waals surface area (Å²) in [5.41, 5.74) is 5.34. The Morgan fingerprint density at radius 3 is 3.00 bits per heavy atom. The number of hydrogen-bond donors (Lipinski definition) is 1. The largest absolute Gasteiger partial charge is 0.421 e. The number of carbonyl (C=O) groups excluding carboxylic acids is 1. The number of hydrogen-bond acceptors (Lipinski definition) is 5. The summed E-state index contributed by atoms with van der Waals surface area (Å²) in [6.45, 7) is 1.28. The van der Waals surface area contributed by atoms with Crippen LogP contribution in [-0.2, 0) is 4.79 Å². The van der Waals surface area contributed by atoms with Crippen LogP contribution in [0.3, 0.4) is 0 Å². The number of ether oxygens (including phenoxy) is 1. The first-order valence-electron chi connectivity index (χ1n) is 2.94. The van der Waals surface area contributed by atoms with Gasteiger partial charge in [0.2, 0.25) is 0 Å². The predicted molar refractivity (Wildman–Crippen MR) is 37.8 cm³/mol. The molecule has 0 fully saturated rings. The highest BCUT2D eigenvalue weighted by molar-refractivity contribution is 5.70.